The number of rotatable bonds is 7. The highest BCUT2D eigenvalue weighted by Crippen LogP contribution is 2.15. The Hall–Kier alpha value is -1.36. The fourth-order valence-corrected chi connectivity index (χ4v) is 0.860. The van der Waals surface area contributed by atoms with Crippen molar-refractivity contribution in [3.05, 3.63) is 12.7 Å². The van der Waals surface area contributed by atoms with Gasteiger partial charge in [-0.25, -0.2) is 9.59 Å². The van der Waals surface area contributed by atoms with Crippen LogP contribution in [0.2, 0.25) is 0 Å². The molecular formula is C11H18O5. The van der Waals surface area contributed by atoms with Gasteiger partial charge in [-0.15, -0.1) is 0 Å². The largest absolute Gasteiger partial charge is 0.460 e. The Morgan fingerprint density at radius 1 is 1.31 bits per heavy atom. The van der Waals surface area contributed by atoms with E-state index in [1.807, 2.05) is 6.92 Å². The van der Waals surface area contributed by atoms with Crippen LogP contribution in [0.15, 0.2) is 12.7 Å². The number of esters is 2. The lowest BCUT2D eigenvalue weighted by Crippen LogP contribution is -2.38. The third-order valence-electron chi connectivity index (χ3n) is 2.28. The van der Waals surface area contributed by atoms with Gasteiger partial charge in [0.15, 0.2) is 5.60 Å². The minimum absolute atomic E-state index is 0.0113. The van der Waals surface area contributed by atoms with E-state index >= 15 is 0 Å². The SMILES string of the molecule is C=CC(=O)OCCOC(=O)C(C)(CC)OC. The Morgan fingerprint density at radius 2 is 1.88 bits per heavy atom. The van der Waals surface area contributed by atoms with Crippen molar-refractivity contribution in [2.75, 3.05) is 20.3 Å². The molecule has 0 amide bonds. The summed E-state index contributed by atoms with van der Waals surface area (Å²) >= 11 is 0. The lowest BCUT2D eigenvalue weighted by molar-refractivity contribution is -0.169. The molecule has 0 heterocycles. The molecule has 0 aliphatic carbocycles. The van der Waals surface area contributed by atoms with Crippen molar-refractivity contribution in [1.29, 1.82) is 0 Å². The predicted molar refractivity (Wildman–Crippen MR) is 57.8 cm³/mol. The van der Waals surface area contributed by atoms with Crippen molar-refractivity contribution in [2.45, 2.75) is 25.9 Å². The molecule has 0 aromatic rings. The molecule has 0 saturated carbocycles. The number of carbonyl (C=O) groups excluding carboxylic acids is 2. The van der Waals surface area contributed by atoms with Crippen LogP contribution in [-0.4, -0.2) is 37.9 Å². The summed E-state index contributed by atoms with van der Waals surface area (Å²) in [4.78, 5) is 22.2. The maximum Gasteiger partial charge on any atom is 0.338 e. The maximum atomic E-state index is 11.5. The number of methoxy groups -OCH3 is 1. The number of carbonyl (C=O) groups is 2. The molecule has 0 saturated heterocycles. The van der Waals surface area contributed by atoms with Crippen molar-refractivity contribution in [1.82, 2.24) is 0 Å². The molecule has 16 heavy (non-hydrogen) atoms. The molecule has 0 aliphatic rings. The summed E-state index contributed by atoms with van der Waals surface area (Å²) < 4.78 is 14.6. The molecule has 1 atom stereocenters. The van der Waals surface area contributed by atoms with Gasteiger partial charge in [0, 0.05) is 13.2 Å². The third kappa shape index (κ3) is 4.44. The Balaban J connectivity index is 3.89. The standard InChI is InChI=1S/C11H18O5/c1-5-9(12)15-7-8-16-10(13)11(3,6-2)14-4/h5H,1,6-8H2,2-4H3. The minimum atomic E-state index is -0.942. The van der Waals surface area contributed by atoms with Crippen LogP contribution in [0.1, 0.15) is 20.3 Å². The van der Waals surface area contributed by atoms with E-state index in [0.717, 1.165) is 6.08 Å². The van der Waals surface area contributed by atoms with Crippen LogP contribution in [0.4, 0.5) is 0 Å². The second-order valence-corrected chi connectivity index (χ2v) is 3.30. The van der Waals surface area contributed by atoms with Crippen molar-refractivity contribution in [3.8, 4) is 0 Å². The topological polar surface area (TPSA) is 61.8 Å². The van der Waals surface area contributed by atoms with Gasteiger partial charge in [-0.1, -0.05) is 13.5 Å². The number of hydrogen-bond donors (Lipinski definition) is 0. The van der Waals surface area contributed by atoms with E-state index in [0.29, 0.717) is 6.42 Å². The maximum absolute atomic E-state index is 11.5. The molecule has 0 radical (unpaired) electrons. The summed E-state index contributed by atoms with van der Waals surface area (Å²) in [7, 11) is 1.45. The van der Waals surface area contributed by atoms with Crippen LogP contribution in [0.5, 0.6) is 0 Å². The first kappa shape index (κ1) is 14.6. The van der Waals surface area contributed by atoms with Crippen LogP contribution in [-0.2, 0) is 23.8 Å². The normalized spacial score (nSPS) is 13.7. The second-order valence-electron chi connectivity index (χ2n) is 3.30. The number of hydrogen-bond acceptors (Lipinski definition) is 5. The fraction of sp³-hybridized carbons (Fsp3) is 0.636. The summed E-state index contributed by atoms with van der Waals surface area (Å²) in [6.45, 7) is 6.73. The molecule has 0 aromatic heterocycles. The molecule has 0 aliphatic heterocycles. The van der Waals surface area contributed by atoms with Crippen molar-refractivity contribution < 1.29 is 23.8 Å². The van der Waals surface area contributed by atoms with E-state index < -0.39 is 17.5 Å². The fourth-order valence-electron chi connectivity index (χ4n) is 0.860. The quantitative estimate of drug-likeness (QED) is 0.372. The van der Waals surface area contributed by atoms with E-state index in [4.69, 9.17) is 9.47 Å². The first-order valence-corrected chi connectivity index (χ1v) is 5.01. The number of ether oxygens (including phenoxy) is 3. The van der Waals surface area contributed by atoms with Crippen molar-refractivity contribution in [2.24, 2.45) is 0 Å². The molecule has 0 spiro atoms. The summed E-state index contributed by atoms with van der Waals surface area (Å²) in [6.07, 6.45) is 1.56. The van der Waals surface area contributed by atoms with Gasteiger partial charge in [-0.2, -0.15) is 0 Å². The highest BCUT2D eigenvalue weighted by Gasteiger charge is 2.32. The zero-order valence-electron chi connectivity index (χ0n) is 9.95. The van der Waals surface area contributed by atoms with E-state index in [1.54, 1.807) is 6.92 Å². The van der Waals surface area contributed by atoms with Gasteiger partial charge in [0.25, 0.3) is 0 Å². The molecule has 0 N–H and O–H groups in total. The molecule has 92 valence electrons. The molecule has 0 bridgehead atoms. The predicted octanol–water partition coefficient (Wildman–Crippen LogP) is 1.07. The Bertz CT molecular complexity index is 255. The Kier molecular flexibility index (Phi) is 6.41. The summed E-state index contributed by atoms with van der Waals surface area (Å²) in [5.74, 6) is -1.01. The molecule has 1 unspecified atom stereocenters. The van der Waals surface area contributed by atoms with Gasteiger partial charge in [0.05, 0.1) is 0 Å². The van der Waals surface area contributed by atoms with Gasteiger partial charge in [-0.3, -0.25) is 0 Å². The lowest BCUT2D eigenvalue weighted by atomic mass is 10.0. The molecule has 0 rings (SSSR count). The van der Waals surface area contributed by atoms with Gasteiger partial charge < -0.3 is 14.2 Å². The van der Waals surface area contributed by atoms with Crippen LogP contribution in [0, 0.1) is 0 Å². The van der Waals surface area contributed by atoms with Crippen LogP contribution >= 0.6 is 0 Å². The molecule has 0 aromatic carbocycles. The molecular weight excluding hydrogens is 212 g/mol. The van der Waals surface area contributed by atoms with E-state index in [2.05, 4.69) is 11.3 Å². The smallest absolute Gasteiger partial charge is 0.338 e. The Labute approximate surface area is 95.4 Å². The molecule has 0 fully saturated rings. The monoisotopic (exact) mass is 230 g/mol. The highest BCUT2D eigenvalue weighted by atomic mass is 16.6. The molecule has 5 heteroatoms. The van der Waals surface area contributed by atoms with E-state index in [-0.39, 0.29) is 13.2 Å². The average Bonchev–Trinajstić information content (AvgIpc) is 2.32. The second kappa shape index (κ2) is 7.00. The van der Waals surface area contributed by atoms with E-state index in [1.165, 1.54) is 7.11 Å². The summed E-state index contributed by atoms with van der Waals surface area (Å²) in [6, 6.07) is 0. The van der Waals surface area contributed by atoms with Gasteiger partial charge in [0.1, 0.15) is 13.2 Å². The summed E-state index contributed by atoms with van der Waals surface area (Å²) in [5.41, 5.74) is -0.942. The first-order valence-electron chi connectivity index (χ1n) is 5.01. The average molecular weight is 230 g/mol. The molecule has 5 nitrogen and oxygen atoms in total. The Morgan fingerprint density at radius 3 is 2.31 bits per heavy atom. The highest BCUT2D eigenvalue weighted by molar-refractivity contribution is 5.81. The summed E-state index contributed by atoms with van der Waals surface area (Å²) in [5, 5.41) is 0. The zero-order valence-corrected chi connectivity index (χ0v) is 9.95. The first-order chi connectivity index (χ1) is 7.50. The van der Waals surface area contributed by atoms with Crippen molar-refractivity contribution >= 4 is 11.9 Å². The minimum Gasteiger partial charge on any atom is -0.460 e. The lowest BCUT2D eigenvalue weighted by Gasteiger charge is -2.23. The van der Waals surface area contributed by atoms with Crippen LogP contribution in [0.3, 0.4) is 0 Å². The van der Waals surface area contributed by atoms with Crippen LogP contribution < -0.4 is 0 Å². The third-order valence-corrected chi connectivity index (χ3v) is 2.28. The van der Waals surface area contributed by atoms with Gasteiger partial charge in [-0.05, 0) is 13.3 Å². The van der Waals surface area contributed by atoms with Crippen LogP contribution in [0.25, 0.3) is 0 Å². The van der Waals surface area contributed by atoms with Gasteiger partial charge in [0.2, 0.25) is 0 Å². The zero-order chi connectivity index (χ0) is 12.6. The van der Waals surface area contributed by atoms with Gasteiger partial charge >= 0.3 is 11.9 Å². The van der Waals surface area contributed by atoms with E-state index in [9.17, 15) is 9.59 Å². The van der Waals surface area contributed by atoms with Crippen molar-refractivity contribution in [3.63, 3.8) is 0 Å².